The van der Waals surface area contributed by atoms with E-state index in [-0.39, 0.29) is 0 Å². The SMILES string of the molecule is CCCCCCCCCCC#Cc1ccc(CCCCCCCC)cc1. The van der Waals surface area contributed by atoms with Gasteiger partial charge in [-0.05, 0) is 37.0 Å². The van der Waals surface area contributed by atoms with Gasteiger partial charge in [0.25, 0.3) is 0 Å². The van der Waals surface area contributed by atoms with Crippen molar-refractivity contribution >= 4 is 0 Å². The van der Waals surface area contributed by atoms with Gasteiger partial charge in [-0.3, -0.25) is 0 Å². The lowest BCUT2D eigenvalue weighted by molar-refractivity contribution is 0.579. The van der Waals surface area contributed by atoms with Crippen molar-refractivity contribution in [3.8, 4) is 11.8 Å². The third kappa shape index (κ3) is 13.0. The zero-order chi connectivity index (χ0) is 18.7. The number of rotatable bonds is 15. The highest BCUT2D eigenvalue weighted by Crippen LogP contribution is 2.11. The Bertz CT molecular complexity index is 471. The van der Waals surface area contributed by atoms with E-state index in [4.69, 9.17) is 0 Å². The summed E-state index contributed by atoms with van der Waals surface area (Å²) in [5, 5.41) is 0. The fourth-order valence-corrected chi connectivity index (χ4v) is 3.38. The first-order chi connectivity index (χ1) is 12.9. The Morgan fingerprint density at radius 2 is 1.08 bits per heavy atom. The molecule has 0 heterocycles. The van der Waals surface area contributed by atoms with Crippen LogP contribution in [0.25, 0.3) is 0 Å². The van der Waals surface area contributed by atoms with Crippen LogP contribution in [-0.2, 0) is 6.42 Å². The molecule has 0 N–H and O–H groups in total. The first kappa shape index (κ1) is 22.8. The van der Waals surface area contributed by atoms with Crippen LogP contribution < -0.4 is 0 Å². The van der Waals surface area contributed by atoms with E-state index in [0.29, 0.717) is 0 Å². The number of unbranched alkanes of at least 4 members (excludes halogenated alkanes) is 13. The van der Waals surface area contributed by atoms with Crippen LogP contribution in [0.2, 0.25) is 0 Å². The largest absolute Gasteiger partial charge is 0.0979 e. The van der Waals surface area contributed by atoms with Crippen LogP contribution in [0.3, 0.4) is 0 Å². The molecule has 1 rings (SSSR count). The lowest BCUT2D eigenvalue weighted by atomic mass is 10.0. The van der Waals surface area contributed by atoms with E-state index in [1.54, 1.807) is 0 Å². The summed E-state index contributed by atoms with van der Waals surface area (Å²) in [4.78, 5) is 0. The van der Waals surface area contributed by atoms with Crippen molar-refractivity contribution in [2.24, 2.45) is 0 Å². The minimum Gasteiger partial charge on any atom is -0.0979 e. The van der Waals surface area contributed by atoms with Gasteiger partial charge in [0.1, 0.15) is 0 Å². The first-order valence-electron chi connectivity index (χ1n) is 11.4. The molecule has 0 bridgehead atoms. The molecule has 146 valence electrons. The summed E-state index contributed by atoms with van der Waals surface area (Å²) in [6.45, 7) is 4.56. The zero-order valence-electron chi connectivity index (χ0n) is 17.6. The molecular formula is C26H42. The van der Waals surface area contributed by atoms with Crippen LogP contribution in [0.1, 0.15) is 121 Å². The molecule has 1 aromatic carbocycles. The van der Waals surface area contributed by atoms with E-state index in [9.17, 15) is 0 Å². The summed E-state index contributed by atoms with van der Waals surface area (Å²) in [5.41, 5.74) is 2.64. The van der Waals surface area contributed by atoms with Crippen molar-refractivity contribution in [2.45, 2.75) is 117 Å². The van der Waals surface area contributed by atoms with Gasteiger partial charge in [0.2, 0.25) is 0 Å². The topological polar surface area (TPSA) is 0 Å². The summed E-state index contributed by atoms with van der Waals surface area (Å²) in [5.74, 6) is 6.69. The van der Waals surface area contributed by atoms with Crippen LogP contribution in [0.15, 0.2) is 24.3 Å². The minimum absolute atomic E-state index is 1.05. The molecular weight excluding hydrogens is 312 g/mol. The van der Waals surface area contributed by atoms with Crippen LogP contribution in [0.4, 0.5) is 0 Å². The van der Waals surface area contributed by atoms with Crippen molar-refractivity contribution in [1.82, 2.24) is 0 Å². The molecule has 26 heavy (non-hydrogen) atoms. The summed E-state index contributed by atoms with van der Waals surface area (Å²) in [7, 11) is 0. The van der Waals surface area contributed by atoms with E-state index in [1.807, 2.05) is 0 Å². The smallest absolute Gasteiger partial charge is 0.0245 e. The molecule has 0 aromatic heterocycles. The maximum Gasteiger partial charge on any atom is 0.0245 e. The average Bonchev–Trinajstić information content (AvgIpc) is 2.67. The quantitative estimate of drug-likeness (QED) is 0.219. The Kier molecular flexibility index (Phi) is 15.1. The molecule has 0 aliphatic carbocycles. The zero-order valence-corrected chi connectivity index (χ0v) is 17.6. The van der Waals surface area contributed by atoms with Gasteiger partial charge >= 0.3 is 0 Å². The van der Waals surface area contributed by atoms with Gasteiger partial charge in [-0.1, -0.05) is 115 Å². The van der Waals surface area contributed by atoms with Crippen molar-refractivity contribution in [2.75, 3.05) is 0 Å². The highest BCUT2D eigenvalue weighted by atomic mass is 14.0. The molecule has 0 saturated carbocycles. The molecule has 0 amide bonds. The Labute approximate surface area is 164 Å². The summed E-state index contributed by atoms with van der Waals surface area (Å²) >= 11 is 0. The van der Waals surface area contributed by atoms with Gasteiger partial charge in [-0.2, -0.15) is 0 Å². The van der Waals surface area contributed by atoms with Crippen LogP contribution in [-0.4, -0.2) is 0 Å². The van der Waals surface area contributed by atoms with Crippen LogP contribution >= 0.6 is 0 Å². The van der Waals surface area contributed by atoms with Gasteiger partial charge in [0.15, 0.2) is 0 Å². The Morgan fingerprint density at radius 3 is 1.65 bits per heavy atom. The van der Waals surface area contributed by atoms with Crippen LogP contribution in [0.5, 0.6) is 0 Å². The van der Waals surface area contributed by atoms with E-state index in [0.717, 1.165) is 6.42 Å². The van der Waals surface area contributed by atoms with Crippen molar-refractivity contribution in [3.05, 3.63) is 35.4 Å². The molecule has 1 aromatic rings. The van der Waals surface area contributed by atoms with Gasteiger partial charge in [0.05, 0.1) is 0 Å². The molecule has 0 aliphatic heterocycles. The Hall–Kier alpha value is -1.22. The molecule has 0 nitrogen and oxygen atoms in total. The molecule has 0 saturated heterocycles. The number of benzene rings is 1. The maximum absolute atomic E-state index is 3.35. The van der Waals surface area contributed by atoms with E-state index >= 15 is 0 Å². The van der Waals surface area contributed by atoms with E-state index in [1.165, 1.54) is 107 Å². The van der Waals surface area contributed by atoms with Gasteiger partial charge < -0.3 is 0 Å². The monoisotopic (exact) mass is 354 g/mol. The predicted octanol–water partition coefficient (Wildman–Crippen LogP) is 8.47. The highest BCUT2D eigenvalue weighted by Gasteiger charge is 1.95. The second-order valence-electron chi connectivity index (χ2n) is 7.74. The number of aryl methyl sites for hydroxylation is 1. The third-order valence-electron chi connectivity index (χ3n) is 5.16. The summed E-state index contributed by atoms with van der Waals surface area (Å²) in [6, 6.07) is 8.94. The first-order valence-corrected chi connectivity index (χ1v) is 11.4. The van der Waals surface area contributed by atoms with Crippen molar-refractivity contribution < 1.29 is 0 Å². The Morgan fingerprint density at radius 1 is 0.577 bits per heavy atom. The molecule has 0 unspecified atom stereocenters. The molecule has 0 radical (unpaired) electrons. The highest BCUT2D eigenvalue weighted by molar-refractivity contribution is 5.36. The maximum atomic E-state index is 3.35. The van der Waals surface area contributed by atoms with E-state index < -0.39 is 0 Å². The molecule has 0 heteroatoms. The molecule has 0 fully saturated rings. The summed E-state index contributed by atoms with van der Waals surface area (Å²) < 4.78 is 0. The average molecular weight is 355 g/mol. The molecule has 0 spiro atoms. The van der Waals surface area contributed by atoms with Crippen molar-refractivity contribution in [1.29, 1.82) is 0 Å². The van der Waals surface area contributed by atoms with Gasteiger partial charge in [-0.25, -0.2) is 0 Å². The third-order valence-corrected chi connectivity index (χ3v) is 5.16. The summed E-state index contributed by atoms with van der Waals surface area (Å²) in [6.07, 6.45) is 21.5. The van der Waals surface area contributed by atoms with Crippen LogP contribution in [0, 0.1) is 11.8 Å². The number of hydrogen-bond donors (Lipinski definition) is 0. The normalized spacial score (nSPS) is 10.5. The van der Waals surface area contributed by atoms with Gasteiger partial charge in [0, 0.05) is 12.0 Å². The fraction of sp³-hybridized carbons (Fsp3) is 0.692. The second-order valence-corrected chi connectivity index (χ2v) is 7.74. The Balaban J connectivity index is 2.06. The molecule has 0 atom stereocenters. The minimum atomic E-state index is 1.05. The predicted molar refractivity (Wildman–Crippen MR) is 118 cm³/mol. The van der Waals surface area contributed by atoms with Crippen molar-refractivity contribution in [3.63, 3.8) is 0 Å². The fourth-order valence-electron chi connectivity index (χ4n) is 3.38. The van der Waals surface area contributed by atoms with Gasteiger partial charge in [-0.15, -0.1) is 0 Å². The standard InChI is InChI=1S/C26H42/c1-3-5-7-9-11-12-13-14-16-18-20-26-23-21-25(22-24-26)19-17-15-10-8-6-4-2/h21-24H,3-17,19H2,1-2H3. The van der Waals surface area contributed by atoms with E-state index in [2.05, 4.69) is 50.0 Å². The lowest BCUT2D eigenvalue weighted by Gasteiger charge is -2.02. The molecule has 0 aliphatic rings. The number of hydrogen-bond acceptors (Lipinski definition) is 0. The second kappa shape index (κ2) is 17.2. The lowest BCUT2D eigenvalue weighted by Crippen LogP contribution is -1.87.